The summed E-state index contributed by atoms with van der Waals surface area (Å²) < 4.78 is 18.1. The second kappa shape index (κ2) is 6.21. The summed E-state index contributed by atoms with van der Waals surface area (Å²) in [5.74, 6) is -0.393. The van der Waals surface area contributed by atoms with Crippen LogP contribution in [-0.4, -0.2) is 41.7 Å². The number of likely N-dealkylation sites (tertiary alicyclic amines) is 1. The van der Waals surface area contributed by atoms with Crippen molar-refractivity contribution < 1.29 is 19.0 Å². The van der Waals surface area contributed by atoms with Crippen LogP contribution in [0.1, 0.15) is 12.8 Å². The van der Waals surface area contributed by atoms with Crippen LogP contribution in [0.4, 0.5) is 4.39 Å². The topological polar surface area (TPSA) is 49.8 Å². The molecule has 1 saturated heterocycles. The number of benzene rings is 1. The third-order valence-corrected chi connectivity index (χ3v) is 3.29. The highest BCUT2D eigenvalue weighted by Gasteiger charge is 2.22. The van der Waals surface area contributed by atoms with Gasteiger partial charge in [-0.2, -0.15) is 0 Å². The zero-order valence-electron chi connectivity index (χ0n) is 10.3. The van der Waals surface area contributed by atoms with Crippen LogP contribution in [0.25, 0.3) is 0 Å². The Morgan fingerprint density at radius 3 is 3.05 bits per heavy atom. The van der Waals surface area contributed by atoms with Crippen molar-refractivity contribution in [1.29, 1.82) is 0 Å². The second-order valence-corrected chi connectivity index (χ2v) is 4.91. The van der Waals surface area contributed by atoms with Gasteiger partial charge in [0.15, 0.2) is 6.61 Å². The van der Waals surface area contributed by atoms with Crippen molar-refractivity contribution in [3.8, 4) is 5.75 Å². The van der Waals surface area contributed by atoms with Gasteiger partial charge >= 0.3 is 0 Å². The molecular weight excluding hydrogens is 273 g/mol. The smallest absolute Gasteiger partial charge is 0.260 e. The first kappa shape index (κ1) is 14.1. The van der Waals surface area contributed by atoms with Crippen LogP contribution in [0.15, 0.2) is 18.2 Å². The Bertz CT molecular complexity index is 469. The lowest BCUT2D eigenvalue weighted by atomic mass is 10.1. The zero-order chi connectivity index (χ0) is 13.8. The maximum Gasteiger partial charge on any atom is 0.260 e. The fourth-order valence-corrected chi connectivity index (χ4v) is 2.23. The number of β-amino-alcohol motifs (C(OH)–C–C–N with tert-alkyl or cyclic N) is 1. The number of piperidine rings is 1. The van der Waals surface area contributed by atoms with E-state index in [2.05, 4.69) is 0 Å². The molecule has 2 rings (SSSR count). The van der Waals surface area contributed by atoms with Crippen LogP contribution >= 0.6 is 11.6 Å². The SMILES string of the molecule is O=C(COc1ccc(F)cc1Cl)N1CCC[C@H](O)C1. The fraction of sp³-hybridized carbons (Fsp3) is 0.462. The minimum absolute atomic E-state index is 0.131. The molecule has 1 atom stereocenters. The summed E-state index contributed by atoms with van der Waals surface area (Å²) in [5.41, 5.74) is 0. The lowest BCUT2D eigenvalue weighted by Gasteiger charge is -2.30. The zero-order valence-corrected chi connectivity index (χ0v) is 11.1. The molecule has 19 heavy (non-hydrogen) atoms. The molecule has 1 heterocycles. The number of ether oxygens (including phenoxy) is 1. The molecule has 104 valence electrons. The molecule has 4 nitrogen and oxygen atoms in total. The van der Waals surface area contributed by atoms with Crippen molar-refractivity contribution in [2.75, 3.05) is 19.7 Å². The van der Waals surface area contributed by atoms with Crippen LogP contribution in [-0.2, 0) is 4.79 Å². The van der Waals surface area contributed by atoms with Crippen LogP contribution in [0.5, 0.6) is 5.75 Å². The Labute approximate surface area is 115 Å². The molecule has 1 fully saturated rings. The number of aliphatic hydroxyl groups is 1. The molecular formula is C13H15ClFNO3. The summed E-state index contributed by atoms with van der Waals surface area (Å²) in [4.78, 5) is 13.4. The number of rotatable bonds is 3. The minimum Gasteiger partial charge on any atom is -0.482 e. The summed E-state index contributed by atoms with van der Waals surface area (Å²) in [6.45, 7) is 0.786. The van der Waals surface area contributed by atoms with E-state index in [0.717, 1.165) is 12.5 Å². The maximum absolute atomic E-state index is 12.8. The van der Waals surface area contributed by atoms with Gasteiger partial charge in [-0.05, 0) is 31.0 Å². The Balaban J connectivity index is 1.89. The first-order valence-corrected chi connectivity index (χ1v) is 6.48. The number of hydrogen-bond donors (Lipinski definition) is 1. The summed E-state index contributed by atoms with van der Waals surface area (Å²) in [6, 6.07) is 3.73. The van der Waals surface area contributed by atoms with Crippen molar-refractivity contribution in [2.24, 2.45) is 0 Å². The average Bonchev–Trinajstić information content (AvgIpc) is 2.37. The molecule has 0 unspecified atom stereocenters. The van der Waals surface area contributed by atoms with Crippen molar-refractivity contribution in [1.82, 2.24) is 4.90 Å². The second-order valence-electron chi connectivity index (χ2n) is 4.50. The molecule has 1 amide bonds. The number of carbonyl (C=O) groups excluding carboxylic acids is 1. The first-order valence-electron chi connectivity index (χ1n) is 6.10. The van der Waals surface area contributed by atoms with E-state index in [9.17, 15) is 14.3 Å². The Kier molecular flexibility index (Phi) is 4.61. The van der Waals surface area contributed by atoms with Crippen molar-refractivity contribution in [2.45, 2.75) is 18.9 Å². The molecule has 1 aliphatic rings. The number of aliphatic hydroxyl groups excluding tert-OH is 1. The Hall–Kier alpha value is -1.33. The lowest BCUT2D eigenvalue weighted by molar-refractivity contribution is -0.136. The van der Waals surface area contributed by atoms with E-state index >= 15 is 0 Å². The highest BCUT2D eigenvalue weighted by atomic mass is 35.5. The molecule has 1 aliphatic heterocycles. The van der Waals surface area contributed by atoms with Crippen LogP contribution < -0.4 is 4.74 Å². The lowest BCUT2D eigenvalue weighted by Crippen LogP contribution is -2.44. The quantitative estimate of drug-likeness (QED) is 0.923. The van der Waals surface area contributed by atoms with Crippen molar-refractivity contribution in [3.63, 3.8) is 0 Å². The van der Waals surface area contributed by atoms with Gasteiger partial charge in [-0.3, -0.25) is 4.79 Å². The van der Waals surface area contributed by atoms with Crippen molar-refractivity contribution >= 4 is 17.5 Å². The molecule has 1 aromatic rings. The molecule has 1 aromatic carbocycles. The number of hydrogen-bond acceptors (Lipinski definition) is 3. The van der Waals surface area contributed by atoms with Gasteiger partial charge in [-0.1, -0.05) is 11.6 Å². The average molecular weight is 288 g/mol. The molecule has 1 N–H and O–H groups in total. The highest BCUT2D eigenvalue weighted by molar-refractivity contribution is 6.32. The maximum atomic E-state index is 12.8. The summed E-state index contributed by atoms with van der Waals surface area (Å²) in [7, 11) is 0. The van der Waals surface area contributed by atoms with Crippen LogP contribution in [0, 0.1) is 5.82 Å². The van der Waals surface area contributed by atoms with E-state index in [1.54, 1.807) is 4.90 Å². The van der Waals surface area contributed by atoms with E-state index in [4.69, 9.17) is 16.3 Å². The number of carbonyl (C=O) groups is 1. The highest BCUT2D eigenvalue weighted by Crippen LogP contribution is 2.24. The fourth-order valence-electron chi connectivity index (χ4n) is 2.00. The molecule has 0 aliphatic carbocycles. The third kappa shape index (κ3) is 3.81. The largest absolute Gasteiger partial charge is 0.482 e. The van der Waals surface area contributed by atoms with Crippen LogP contribution in [0.3, 0.4) is 0 Å². The van der Waals surface area contributed by atoms with E-state index in [1.165, 1.54) is 12.1 Å². The number of halogens is 2. The van der Waals surface area contributed by atoms with Gasteiger partial charge in [0.25, 0.3) is 5.91 Å². The van der Waals surface area contributed by atoms with Gasteiger partial charge in [-0.25, -0.2) is 4.39 Å². The van der Waals surface area contributed by atoms with E-state index in [1.807, 2.05) is 0 Å². The van der Waals surface area contributed by atoms with E-state index in [0.29, 0.717) is 19.5 Å². The van der Waals surface area contributed by atoms with Gasteiger partial charge in [0, 0.05) is 13.1 Å². The molecule has 0 radical (unpaired) electrons. The summed E-state index contributed by atoms with van der Waals surface area (Å²) in [6.07, 6.45) is 1.03. The number of nitrogens with zero attached hydrogens (tertiary/aromatic N) is 1. The van der Waals surface area contributed by atoms with Gasteiger partial charge < -0.3 is 14.7 Å². The van der Waals surface area contributed by atoms with Crippen molar-refractivity contribution in [3.05, 3.63) is 29.0 Å². The van der Waals surface area contributed by atoms with Gasteiger partial charge in [0.05, 0.1) is 11.1 Å². The molecule has 0 spiro atoms. The minimum atomic E-state index is -0.466. The summed E-state index contributed by atoms with van der Waals surface area (Å²) in [5, 5.41) is 9.62. The third-order valence-electron chi connectivity index (χ3n) is 2.99. The van der Waals surface area contributed by atoms with Gasteiger partial charge in [0.2, 0.25) is 0 Å². The Morgan fingerprint density at radius 1 is 1.58 bits per heavy atom. The standard InChI is InChI=1S/C13H15ClFNO3/c14-11-6-9(15)3-4-12(11)19-8-13(18)16-5-1-2-10(17)7-16/h3-4,6,10,17H,1-2,5,7-8H2/t10-/m0/s1. The van der Waals surface area contributed by atoms with Gasteiger partial charge in [0.1, 0.15) is 11.6 Å². The summed E-state index contributed by atoms with van der Waals surface area (Å²) >= 11 is 5.79. The number of amides is 1. The predicted octanol–water partition coefficient (Wildman–Crippen LogP) is 1.84. The van der Waals surface area contributed by atoms with Crippen LogP contribution in [0.2, 0.25) is 5.02 Å². The normalized spacial score (nSPS) is 19.3. The molecule has 0 aromatic heterocycles. The Morgan fingerprint density at radius 2 is 2.37 bits per heavy atom. The monoisotopic (exact) mass is 287 g/mol. The first-order chi connectivity index (χ1) is 9.06. The van der Waals surface area contributed by atoms with E-state index < -0.39 is 11.9 Å². The predicted molar refractivity (Wildman–Crippen MR) is 68.7 cm³/mol. The van der Waals surface area contributed by atoms with E-state index in [-0.39, 0.29) is 23.3 Å². The molecule has 0 saturated carbocycles. The van der Waals surface area contributed by atoms with Gasteiger partial charge in [-0.15, -0.1) is 0 Å². The molecule has 0 bridgehead atoms. The molecule has 6 heteroatoms.